The molecule has 2 fully saturated rings. The molecule has 2 aromatic rings. The third-order valence-electron chi connectivity index (χ3n) is 7.89. The van der Waals surface area contributed by atoms with E-state index in [9.17, 15) is 9.90 Å². The molecule has 1 saturated heterocycles. The van der Waals surface area contributed by atoms with Crippen LogP contribution in [0.25, 0.3) is 0 Å². The Hall–Kier alpha value is -2.21. The number of carbonyl (C=O) groups excluding carboxylic acids is 1. The van der Waals surface area contributed by atoms with Crippen molar-refractivity contribution < 1.29 is 14.6 Å². The van der Waals surface area contributed by atoms with Gasteiger partial charge in [0, 0.05) is 57.0 Å². The molecule has 5 nitrogen and oxygen atoms in total. The Morgan fingerprint density at radius 2 is 1.74 bits per heavy atom. The average Bonchev–Trinajstić information content (AvgIpc) is 3.08. The zero-order valence-corrected chi connectivity index (χ0v) is 18.2. The van der Waals surface area contributed by atoms with Gasteiger partial charge in [0.15, 0.2) is 0 Å². The normalized spacial score (nSPS) is 29.5. The molecule has 0 radical (unpaired) electrons. The van der Waals surface area contributed by atoms with Crippen molar-refractivity contribution in [1.29, 1.82) is 0 Å². The quantitative estimate of drug-likeness (QED) is 0.780. The van der Waals surface area contributed by atoms with E-state index in [4.69, 9.17) is 10.5 Å². The van der Waals surface area contributed by atoms with E-state index in [1.807, 2.05) is 12.1 Å². The lowest BCUT2D eigenvalue weighted by Gasteiger charge is -2.56. The number of rotatable bonds is 5. The highest BCUT2D eigenvalue weighted by Crippen LogP contribution is 2.52. The van der Waals surface area contributed by atoms with E-state index in [0.717, 1.165) is 44.3 Å². The predicted octanol–water partition coefficient (Wildman–Crippen LogP) is 2.89. The van der Waals surface area contributed by atoms with Crippen molar-refractivity contribution in [2.45, 2.75) is 43.3 Å². The van der Waals surface area contributed by atoms with E-state index in [0.29, 0.717) is 23.9 Å². The van der Waals surface area contributed by atoms with Gasteiger partial charge in [-0.2, -0.15) is 0 Å². The lowest BCUT2D eigenvalue weighted by atomic mass is 9.62. The summed E-state index contributed by atoms with van der Waals surface area (Å²) in [6, 6.07) is 16.1. The lowest BCUT2D eigenvalue weighted by Crippen LogP contribution is -2.61. The SMILES string of the molecule is COC1(c2cccc(C(N)=O)c2)[C@@H]2CCC[C@H]1CN(CC1(O)Cc3ccccc3C1)C2. The number of aliphatic hydroxyl groups is 1. The summed E-state index contributed by atoms with van der Waals surface area (Å²) in [6.45, 7) is 2.48. The van der Waals surface area contributed by atoms with Gasteiger partial charge < -0.3 is 15.6 Å². The largest absolute Gasteiger partial charge is 0.388 e. The van der Waals surface area contributed by atoms with Gasteiger partial charge in [-0.25, -0.2) is 0 Å². The Bertz CT molecular complexity index is 949. The number of carbonyl (C=O) groups is 1. The molecular weight excluding hydrogens is 388 g/mol. The van der Waals surface area contributed by atoms with Crippen molar-refractivity contribution in [3.05, 3.63) is 70.8 Å². The predicted molar refractivity (Wildman–Crippen MR) is 120 cm³/mol. The fourth-order valence-corrected chi connectivity index (χ4v) is 6.69. The van der Waals surface area contributed by atoms with Crippen LogP contribution in [0.3, 0.4) is 0 Å². The van der Waals surface area contributed by atoms with E-state index in [2.05, 4.69) is 35.2 Å². The standard InChI is InChI=1S/C26H32N2O3/c1-31-26(21-9-4-8-18(12-21)24(27)29)22-10-5-11-23(26)16-28(15-22)17-25(30)13-19-6-2-3-7-20(19)14-25/h2-4,6-9,12,22-23,30H,5,10-11,13-17H2,1H3,(H2,27,29)/t22-,23+,26?. The van der Waals surface area contributed by atoms with Crippen molar-refractivity contribution in [1.82, 2.24) is 4.90 Å². The number of primary amides is 1. The van der Waals surface area contributed by atoms with Gasteiger partial charge in [0.25, 0.3) is 0 Å². The number of methoxy groups -OCH3 is 1. The molecule has 5 rings (SSSR count). The van der Waals surface area contributed by atoms with Crippen LogP contribution >= 0.6 is 0 Å². The first-order valence-corrected chi connectivity index (χ1v) is 11.4. The van der Waals surface area contributed by atoms with Gasteiger partial charge in [-0.15, -0.1) is 0 Å². The number of hydrogen-bond acceptors (Lipinski definition) is 4. The minimum Gasteiger partial charge on any atom is -0.388 e. The first-order chi connectivity index (χ1) is 14.9. The Kier molecular flexibility index (Phi) is 5.16. The van der Waals surface area contributed by atoms with Crippen LogP contribution < -0.4 is 5.73 Å². The topological polar surface area (TPSA) is 75.8 Å². The van der Waals surface area contributed by atoms with Crippen LogP contribution in [-0.2, 0) is 23.2 Å². The van der Waals surface area contributed by atoms with Crippen molar-refractivity contribution in [3.63, 3.8) is 0 Å². The summed E-state index contributed by atoms with van der Waals surface area (Å²) in [5.74, 6) is 0.236. The number of β-amino-alcohol motifs (C(OH)–C–C–N with tert-alkyl or cyclic N) is 1. The molecule has 1 saturated carbocycles. The molecule has 1 heterocycles. The van der Waals surface area contributed by atoms with Crippen LogP contribution in [0.2, 0.25) is 0 Å². The van der Waals surface area contributed by atoms with Crippen molar-refractivity contribution >= 4 is 5.91 Å². The first kappa shape index (κ1) is 20.7. The van der Waals surface area contributed by atoms with Crippen molar-refractivity contribution in [2.75, 3.05) is 26.7 Å². The minimum atomic E-state index is -0.697. The summed E-state index contributed by atoms with van der Waals surface area (Å²) in [7, 11) is 1.80. The Morgan fingerprint density at radius 3 is 2.32 bits per heavy atom. The third-order valence-corrected chi connectivity index (χ3v) is 7.89. The summed E-state index contributed by atoms with van der Waals surface area (Å²) < 4.78 is 6.32. The van der Waals surface area contributed by atoms with Crippen LogP contribution in [0.4, 0.5) is 0 Å². The molecule has 1 aliphatic heterocycles. The van der Waals surface area contributed by atoms with Crippen LogP contribution in [0.15, 0.2) is 48.5 Å². The monoisotopic (exact) mass is 420 g/mol. The van der Waals surface area contributed by atoms with E-state index in [-0.39, 0.29) is 0 Å². The summed E-state index contributed by atoms with van der Waals surface area (Å²) in [5, 5.41) is 11.4. The van der Waals surface area contributed by atoms with E-state index in [1.54, 1.807) is 13.2 Å². The molecule has 3 atom stereocenters. The fraction of sp³-hybridized carbons (Fsp3) is 0.500. The maximum absolute atomic E-state index is 11.8. The highest BCUT2D eigenvalue weighted by molar-refractivity contribution is 5.92. The molecule has 0 spiro atoms. The summed E-state index contributed by atoms with van der Waals surface area (Å²) in [4.78, 5) is 14.2. The van der Waals surface area contributed by atoms with Gasteiger partial charge in [0.2, 0.25) is 5.91 Å². The van der Waals surface area contributed by atoms with Gasteiger partial charge in [-0.05, 0) is 41.7 Å². The maximum Gasteiger partial charge on any atom is 0.248 e. The molecule has 164 valence electrons. The molecular formula is C26H32N2O3. The zero-order chi connectivity index (χ0) is 21.6. The van der Waals surface area contributed by atoms with Gasteiger partial charge in [0.05, 0.1) is 5.60 Å². The second-order valence-electron chi connectivity index (χ2n) is 9.81. The molecule has 2 bridgehead atoms. The maximum atomic E-state index is 11.8. The molecule has 31 heavy (non-hydrogen) atoms. The molecule has 5 heteroatoms. The van der Waals surface area contributed by atoms with Gasteiger partial charge in [0.1, 0.15) is 5.60 Å². The second kappa shape index (κ2) is 7.73. The van der Waals surface area contributed by atoms with E-state index in [1.165, 1.54) is 17.5 Å². The lowest BCUT2D eigenvalue weighted by molar-refractivity contribution is -0.175. The van der Waals surface area contributed by atoms with E-state index >= 15 is 0 Å². The number of hydrogen-bond donors (Lipinski definition) is 2. The molecule has 3 aliphatic rings. The number of amides is 1. The second-order valence-corrected chi connectivity index (χ2v) is 9.81. The van der Waals surface area contributed by atoms with E-state index < -0.39 is 17.1 Å². The third kappa shape index (κ3) is 3.49. The average molecular weight is 421 g/mol. The molecule has 2 aromatic carbocycles. The number of ether oxygens (including phenoxy) is 1. The number of likely N-dealkylation sites (tertiary alicyclic amines) is 1. The zero-order valence-electron chi connectivity index (χ0n) is 18.2. The van der Waals surface area contributed by atoms with Gasteiger partial charge in [-0.3, -0.25) is 9.69 Å². The molecule has 2 aliphatic carbocycles. The summed E-state index contributed by atoms with van der Waals surface area (Å²) in [5.41, 5.74) is 8.61. The van der Waals surface area contributed by atoms with Gasteiger partial charge >= 0.3 is 0 Å². The van der Waals surface area contributed by atoms with Gasteiger partial charge in [-0.1, -0.05) is 42.8 Å². The number of piperidine rings is 1. The molecule has 1 amide bonds. The molecule has 0 aromatic heterocycles. The van der Waals surface area contributed by atoms with Crippen LogP contribution in [-0.4, -0.2) is 48.3 Å². The number of nitrogens with zero attached hydrogens (tertiary/aromatic N) is 1. The smallest absolute Gasteiger partial charge is 0.248 e. The van der Waals surface area contributed by atoms with Crippen LogP contribution in [0.5, 0.6) is 0 Å². The molecule has 3 N–H and O–H groups in total. The molecule has 1 unspecified atom stereocenters. The summed E-state index contributed by atoms with van der Waals surface area (Å²) in [6.07, 6.45) is 4.82. The van der Waals surface area contributed by atoms with Crippen LogP contribution in [0, 0.1) is 11.8 Å². The number of benzene rings is 2. The summed E-state index contributed by atoms with van der Waals surface area (Å²) >= 11 is 0. The number of fused-ring (bicyclic) bond motifs is 3. The minimum absolute atomic E-state index is 0.320. The highest BCUT2D eigenvalue weighted by Gasteiger charge is 2.54. The Labute approximate surface area is 184 Å². The highest BCUT2D eigenvalue weighted by atomic mass is 16.5. The Morgan fingerprint density at radius 1 is 1.10 bits per heavy atom. The fourth-order valence-electron chi connectivity index (χ4n) is 6.69. The van der Waals surface area contributed by atoms with Crippen molar-refractivity contribution in [3.8, 4) is 0 Å². The van der Waals surface area contributed by atoms with Crippen molar-refractivity contribution in [2.24, 2.45) is 17.6 Å². The number of nitrogens with two attached hydrogens (primary N) is 1. The first-order valence-electron chi connectivity index (χ1n) is 11.4. The van der Waals surface area contributed by atoms with Crippen LogP contribution in [0.1, 0.15) is 46.3 Å². The Balaban J connectivity index is 1.40.